The third kappa shape index (κ3) is 4.69. The minimum absolute atomic E-state index is 0.00692. The third-order valence-corrected chi connectivity index (χ3v) is 6.85. The highest BCUT2D eigenvalue weighted by Gasteiger charge is 2.25. The van der Waals surface area contributed by atoms with Crippen molar-refractivity contribution < 1.29 is 14.3 Å². The van der Waals surface area contributed by atoms with Gasteiger partial charge in [-0.3, -0.25) is 4.79 Å². The summed E-state index contributed by atoms with van der Waals surface area (Å²) in [4.78, 5) is 22.9. The van der Waals surface area contributed by atoms with Gasteiger partial charge in [-0.05, 0) is 55.5 Å². The van der Waals surface area contributed by atoms with Gasteiger partial charge in [-0.2, -0.15) is 0 Å². The number of hydrogen-bond donors (Lipinski definition) is 0. The first-order chi connectivity index (χ1) is 17.5. The van der Waals surface area contributed by atoms with Crippen molar-refractivity contribution in [3.8, 4) is 22.8 Å². The third-order valence-electron chi connectivity index (χ3n) is 6.62. The van der Waals surface area contributed by atoms with Crippen LogP contribution in [0, 0.1) is 6.92 Å². The Labute approximate surface area is 216 Å². The van der Waals surface area contributed by atoms with E-state index >= 15 is 0 Å². The maximum Gasteiger partial charge on any atom is 0.254 e. The van der Waals surface area contributed by atoms with Gasteiger partial charge < -0.3 is 19.3 Å². The number of methoxy groups -OCH3 is 2. The molecule has 0 bridgehead atoms. The fourth-order valence-corrected chi connectivity index (χ4v) is 4.86. The smallest absolute Gasteiger partial charge is 0.254 e. The van der Waals surface area contributed by atoms with E-state index in [1.165, 1.54) is 0 Å². The molecule has 1 aliphatic rings. The fourth-order valence-electron chi connectivity index (χ4n) is 4.68. The van der Waals surface area contributed by atoms with Gasteiger partial charge in [-0.1, -0.05) is 29.3 Å². The first kappa shape index (κ1) is 23.9. The van der Waals surface area contributed by atoms with E-state index in [1.807, 2.05) is 72.5 Å². The molecule has 0 unspecified atom stereocenters. The van der Waals surface area contributed by atoms with Crippen LogP contribution < -0.4 is 14.4 Å². The highest BCUT2D eigenvalue weighted by atomic mass is 35.5. The molecule has 2 heterocycles. The molecule has 5 rings (SSSR count). The fraction of sp³-hybridized carbons (Fsp3) is 0.241. The first-order valence-electron chi connectivity index (χ1n) is 11.9. The number of piperazine rings is 1. The van der Waals surface area contributed by atoms with Crippen LogP contribution in [0.4, 0.5) is 5.69 Å². The second-order valence-corrected chi connectivity index (χ2v) is 9.34. The van der Waals surface area contributed by atoms with E-state index in [2.05, 4.69) is 11.0 Å². The van der Waals surface area contributed by atoms with E-state index in [0.717, 1.165) is 40.8 Å². The Morgan fingerprint density at radius 1 is 0.917 bits per heavy atom. The predicted molar refractivity (Wildman–Crippen MR) is 145 cm³/mol. The number of anilines is 1. The van der Waals surface area contributed by atoms with Gasteiger partial charge in [-0.15, -0.1) is 0 Å². The molecule has 1 aromatic heterocycles. The summed E-state index contributed by atoms with van der Waals surface area (Å²) in [5.74, 6) is 1.34. The molecule has 1 aliphatic heterocycles. The van der Waals surface area contributed by atoms with E-state index in [1.54, 1.807) is 14.2 Å². The zero-order valence-corrected chi connectivity index (χ0v) is 21.4. The summed E-state index contributed by atoms with van der Waals surface area (Å²) in [7, 11) is 3.24. The quantitative estimate of drug-likeness (QED) is 0.343. The molecular weight excluding hydrogens is 474 g/mol. The normalized spacial score (nSPS) is 13.7. The highest BCUT2D eigenvalue weighted by molar-refractivity contribution is 6.30. The van der Waals surface area contributed by atoms with E-state index in [0.29, 0.717) is 40.9 Å². The van der Waals surface area contributed by atoms with Gasteiger partial charge in [0.25, 0.3) is 5.91 Å². The molecule has 0 aliphatic carbocycles. The lowest BCUT2D eigenvalue weighted by atomic mass is 10.0. The molecule has 7 heteroatoms. The average molecular weight is 502 g/mol. The second kappa shape index (κ2) is 10.1. The molecule has 0 spiro atoms. The number of fused-ring (bicyclic) bond motifs is 1. The van der Waals surface area contributed by atoms with Crippen molar-refractivity contribution in [3.63, 3.8) is 0 Å². The first-order valence-corrected chi connectivity index (χ1v) is 12.3. The van der Waals surface area contributed by atoms with E-state index in [9.17, 15) is 4.79 Å². The van der Waals surface area contributed by atoms with Crippen LogP contribution in [0.25, 0.3) is 22.2 Å². The van der Waals surface area contributed by atoms with Gasteiger partial charge >= 0.3 is 0 Å². The van der Waals surface area contributed by atoms with Crippen molar-refractivity contribution in [2.45, 2.75) is 6.92 Å². The van der Waals surface area contributed by atoms with E-state index in [4.69, 9.17) is 26.1 Å². The highest BCUT2D eigenvalue weighted by Crippen LogP contribution is 2.35. The Kier molecular flexibility index (Phi) is 6.70. The second-order valence-electron chi connectivity index (χ2n) is 8.90. The van der Waals surface area contributed by atoms with Gasteiger partial charge in [-0.25, -0.2) is 4.98 Å². The predicted octanol–water partition coefficient (Wildman–Crippen LogP) is 5.84. The Morgan fingerprint density at radius 2 is 1.72 bits per heavy atom. The minimum atomic E-state index is 0.00692. The van der Waals surface area contributed by atoms with Crippen LogP contribution in [0.15, 0.2) is 66.7 Å². The molecule has 0 radical (unpaired) electrons. The molecule has 3 aromatic carbocycles. The van der Waals surface area contributed by atoms with Crippen molar-refractivity contribution in [1.29, 1.82) is 0 Å². The average Bonchev–Trinajstić information content (AvgIpc) is 2.91. The van der Waals surface area contributed by atoms with Crippen molar-refractivity contribution in [1.82, 2.24) is 9.88 Å². The number of rotatable bonds is 5. The lowest BCUT2D eigenvalue weighted by Gasteiger charge is -2.36. The Bertz CT molecular complexity index is 1430. The number of benzene rings is 3. The molecule has 6 nitrogen and oxygen atoms in total. The van der Waals surface area contributed by atoms with Crippen molar-refractivity contribution in [3.05, 3.63) is 82.9 Å². The van der Waals surface area contributed by atoms with E-state index in [-0.39, 0.29) is 5.91 Å². The molecule has 4 aromatic rings. The molecule has 0 saturated carbocycles. The van der Waals surface area contributed by atoms with Crippen LogP contribution in [0.3, 0.4) is 0 Å². The number of amides is 1. The molecule has 36 heavy (non-hydrogen) atoms. The summed E-state index contributed by atoms with van der Waals surface area (Å²) in [6.45, 7) is 4.77. The van der Waals surface area contributed by atoms with Crippen LogP contribution in [-0.4, -0.2) is 56.2 Å². The molecule has 1 fully saturated rings. The van der Waals surface area contributed by atoms with Crippen LogP contribution in [0.5, 0.6) is 11.5 Å². The van der Waals surface area contributed by atoms with Crippen LogP contribution in [0.2, 0.25) is 5.02 Å². The number of aromatic nitrogens is 1. The largest absolute Gasteiger partial charge is 0.497 e. The Hall–Kier alpha value is -3.77. The summed E-state index contributed by atoms with van der Waals surface area (Å²) in [6, 6.07) is 21.4. The zero-order chi connectivity index (χ0) is 25.2. The summed E-state index contributed by atoms with van der Waals surface area (Å²) in [5.41, 5.74) is 5.07. The number of hydrogen-bond acceptors (Lipinski definition) is 5. The number of ether oxygens (including phenoxy) is 2. The molecule has 184 valence electrons. The van der Waals surface area contributed by atoms with Crippen molar-refractivity contribution in [2.24, 2.45) is 0 Å². The van der Waals surface area contributed by atoms with Crippen molar-refractivity contribution in [2.75, 3.05) is 45.3 Å². The number of nitrogens with zero attached hydrogens (tertiary/aromatic N) is 3. The van der Waals surface area contributed by atoms with Gasteiger partial charge in [0.2, 0.25) is 0 Å². The topological polar surface area (TPSA) is 54.9 Å². The Balaban J connectivity index is 1.49. The number of carbonyl (C=O) groups excluding carboxylic acids is 1. The number of aryl methyl sites for hydroxylation is 1. The van der Waals surface area contributed by atoms with Gasteiger partial charge in [0.15, 0.2) is 0 Å². The molecule has 1 saturated heterocycles. The zero-order valence-electron chi connectivity index (χ0n) is 20.6. The number of halogens is 1. The van der Waals surface area contributed by atoms with Gasteiger partial charge in [0.05, 0.1) is 31.0 Å². The molecular formula is C29H28ClN3O3. The lowest BCUT2D eigenvalue weighted by molar-refractivity contribution is 0.0748. The van der Waals surface area contributed by atoms with E-state index < -0.39 is 0 Å². The Morgan fingerprint density at radius 3 is 2.44 bits per heavy atom. The van der Waals surface area contributed by atoms with Gasteiger partial charge in [0, 0.05) is 53.9 Å². The maximum atomic E-state index is 13.9. The standard InChI is InChI=1S/C29H28ClN3O3/c1-19-7-10-26-24(15-19)25(18-27(31-26)23-9-8-22(35-2)17-28(23)36-3)29(34)33-13-11-32(12-14-33)21-6-4-5-20(30)16-21/h4-10,15-18H,11-14H2,1-3H3. The summed E-state index contributed by atoms with van der Waals surface area (Å²) >= 11 is 6.18. The number of carbonyl (C=O) groups is 1. The monoisotopic (exact) mass is 501 g/mol. The molecule has 0 atom stereocenters. The van der Waals surface area contributed by atoms with Crippen LogP contribution >= 0.6 is 11.6 Å². The summed E-state index contributed by atoms with van der Waals surface area (Å²) < 4.78 is 11.0. The van der Waals surface area contributed by atoms with Gasteiger partial charge in [0.1, 0.15) is 11.5 Å². The minimum Gasteiger partial charge on any atom is -0.497 e. The van der Waals surface area contributed by atoms with Crippen molar-refractivity contribution >= 4 is 34.1 Å². The summed E-state index contributed by atoms with van der Waals surface area (Å²) in [5, 5.41) is 1.57. The van der Waals surface area contributed by atoms with Crippen LogP contribution in [0.1, 0.15) is 15.9 Å². The number of pyridine rings is 1. The molecule has 1 amide bonds. The SMILES string of the molecule is COc1ccc(-c2cc(C(=O)N3CCN(c4cccc(Cl)c4)CC3)c3cc(C)ccc3n2)c(OC)c1. The van der Waals surface area contributed by atoms with Crippen LogP contribution in [-0.2, 0) is 0 Å². The summed E-state index contributed by atoms with van der Waals surface area (Å²) in [6.07, 6.45) is 0. The maximum absolute atomic E-state index is 13.9. The lowest BCUT2D eigenvalue weighted by Crippen LogP contribution is -2.48. The molecule has 0 N–H and O–H groups in total.